The highest BCUT2D eigenvalue weighted by molar-refractivity contribution is 7.91. The molecule has 2 rings (SSSR count). The summed E-state index contributed by atoms with van der Waals surface area (Å²) in [5.74, 6) is -1.18. The van der Waals surface area contributed by atoms with Crippen LogP contribution in [0.1, 0.15) is 10.4 Å². The van der Waals surface area contributed by atoms with Gasteiger partial charge in [-0.1, -0.05) is 12.1 Å². The molecular weight excluding hydrogens is 298 g/mol. The number of anilines is 1. The first-order valence-corrected chi connectivity index (χ1v) is 7.16. The van der Waals surface area contributed by atoms with Crippen LogP contribution >= 0.6 is 0 Å². The molecule has 0 aromatic heterocycles. The highest BCUT2D eigenvalue weighted by atomic mass is 32.2. The van der Waals surface area contributed by atoms with E-state index in [1.807, 2.05) is 0 Å². The zero-order chi connectivity index (χ0) is 15.6. The third-order valence-electron chi connectivity index (χ3n) is 2.77. The smallest absolute Gasteiger partial charge is 0.335 e. The largest absolute Gasteiger partial charge is 0.733 e. The maximum Gasteiger partial charge on any atom is 0.335 e. The molecule has 2 N–H and O–H groups in total. The molecule has 0 saturated heterocycles. The Hall–Kier alpha value is -2.42. The van der Waals surface area contributed by atoms with Gasteiger partial charge in [-0.3, -0.25) is 5.21 Å². The first kappa shape index (κ1) is 15.0. The van der Waals surface area contributed by atoms with Crippen LogP contribution in [0.3, 0.4) is 0 Å². The Kier molecular flexibility index (Phi) is 3.94. The molecule has 0 aliphatic heterocycles. The van der Waals surface area contributed by atoms with Crippen LogP contribution in [0.5, 0.6) is 0 Å². The van der Waals surface area contributed by atoms with Crippen LogP contribution in [-0.4, -0.2) is 24.7 Å². The molecule has 0 aliphatic rings. The molecule has 8 heteroatoms. The standard InChI is InChI=1S/C13H10NO6S/c15-13(16)9-5-7-10(8-6-9)21(19,20)12-4-2-1-3-11(12)14(17)18/h1-8,17H,(H,15,16)/q-1. The molecule has 0 amide bonds. The molecule has 0 fully saturated rings. The summed E-state index contributed by atoms with van der Waals surface area (Å²) in [6, 6.07) is 9.69. The van der Waals surface area contributed by atoms with Gasteiger partial charge in [-0.2, -0.15) is 0 Å². The number of para-hydroxylation sites is 1. The molecule has 0 radical (unpaired) electrons. The van der Waals surface area contributed by atoms with Crippen LogP contribution in [0.15, 0.2) is 58.3 Å². The van der Waals surface area contributed by atoms with Gasteiger partial charge in [0.15, 0.2) is 0 Å². The van der Waals surface area contributed by atoms with E-state index in [2.05, 4.69) is 0 Å². The molecule has 21 heavy (non-hydrogen) atoms. The number of aromatic carboxylic acids is 1. The lowest BCUT2D eigenvalue weighted by Crippen LogP contribution is -2.13. The number of benzene rings is 2. The second kappa shape index (κ2) is 5.52. The van der Waals surface area contributed by atoms with E-state index in [-0.39, 0.29) is 15.4 Å². The van der Waals surface area contributed by atoms with E-state index in [9.17, 15) is 18.4 Å². The molecule has 0 atom stereocenters. The lowest BCUT2D eigenvalue weighted by molar-refractivity contribution is 0.0696. The zero-order valence-electron chi connectivity index (χ0n) is 10.5. The van der Waals surface area contributed by atoms with Crippen molar-refractivity contribution in [1.29, 1.82) is 0 Å². The van der Waals surface area contributed by atoms with Crippen molar-refractivity contribution in [3.63, 3.8) is 0 Å². The van der Waals surface area contributed by atoms with Gasteiger partial charge in [0.25, 0.3) is 0 Å². The Morgan fingerprint density at radius 3 is 2.14 bits per heavy atom. The molecule has 0 spiro atoms. The van der Waals surface area contributed by atoms with Crippen LogP contribution in [0.25, 0.3) is 0 Å². The van der Waals surface area contributed by atoms with Gasteiger partial charge in [0, 0.05) is 0 Å². The minimum absolute atomic E-state index is 0.0603. The molecule has 0 saturated carbocycles. The van der Waals surface area contributed by atoms with Crippen molar-refractivity contribution in [2.75, 3.05) is 5.23 Å². The number of nitrogens with zero attached hydrogens (tertiary/aromatic N) is 1. The minimum Gasteiger partial charge on any atom is -0.733 e. The summed E-state index contributed by atoms with van der Waals surface area (Å²) < 4.78 is 24.8. The molecule has 0 unspecified atom stereocenters. The predicted molar refractivity (Wildman–Crippen MR) is 72.9 cm³/mol. The summed E-state index contributed by atoms with van der Waals surface area (Å²) >= 11 is 0. The lowest BCUT2D eigenvalue weighted by Gasteiger charge is -2.24. The maximum atomic E-state index is 12.4. The minimum atomic E-state index is -4.05. The summed E-state index contributed by atoms with van der Waals surface area (Å²) in [5.41, 5.74) is -0.477. The Balaban J connectivity index is 2.55. The van der Waals surface area contributed by atoms with Crippen molar-refractivity contribution < 1.29 is 23.5 Å². The average Bonchev–Trinajstić information content (AvgIpc) is 2.47. The summed E-state index contributed by atoms with van der Waals surface area (Å²) in [6.07, 6.45) is 0. The maximum absolute atomic E-state index is 12.4. The fourth-order valence-electron chi connectivity index (χ4n) is 1.75. The number of hydrogen-bond donors (Lipinski definition) is 2. The quantitative estimate of drug-likeness (QED) is 0.828. The van der Waals surface area contributed by atoms with Crippen molar-refractivity contribution in [2.45, 2.75) is 9.79 Å². The highest BCUT2D eigenvalue weighted by Gasteiger charge is 2.21. The van der Waals surface area contributed by atoms with Crippen molar-refractivity contribution >= 4 is 21.5 Å². The van der Waals surface area contributed by atoms with Gasteiger partial charge in [0.1, 0.15) is 0 Å². The molecular formula is C13H10NO6S-. The van der Waals surface area contributed by atoms with E-state index in [1.54, 1.807) is 0 Å². The molecule has 2 aromatic carbocycles. The van der Waals surface area contributed by atoms with E-state index in [1.165, 1.54) is 18.2 Å². The molecule has 2 aromatic rings. The third kappa shape index (κ3) is 2.87. The number of carbonyl (C=O) groups is 1. The number of sulfone groups is 1. The second-order valence-corrected chi connectivity index (χ2v) is 5.99. The third-order valence-corrected chi connectivity index (χ3v) is 4.59. The first-order valence-electron chi connectivity index (χ1n) is 5.67. The molecule has 7 nitrogen and oxygen atoms in total. The van der Waals surface area contributed by atoms with E-state index in [0.29, 0.717) is 0 Å². The van der Waals surface area contributed by atoms with Crippen LogP contribution in [0.4, 0.5) is 5.69 Å². The van der Waals surface area contributed by atoms with E-state index in [0.717, 1.165) is 30.3 Å². The zero-order valence-corrected chi connectivity index (χ0v) is 11.3. The van der Waals surface area contributed by atoms with Gasteiger partial charge in [0.05, 0.1) is 21.0 Å². The monoisotopic (exact) mass is 308 g/mol. The molecule has 0 aliphatic carbocycles. The normalized spacial score (nSPS) is 11.1. The topological polar surface area (TPSA) is 118 Å². The van der Waals surface area contributed by atoms with Crippen LogP contribution in [0, 0.1) is 5.21 Å². The van der Waals surface area contributed by atoms with Gasteiger partial charge < -0.3 is 15.5 Å². The van der Waals surface area contributed by atoms with Crippen LogP contribution in [-0.2, 0) is 9.84 Å². The number of hydrogen-bond acceptors (Lipinski definition) is 6. The van der Waals surface area contributed by atoms with Crippen molar-refractivity contribution in [2.24, 2.45) is 0 Å². The van der Waals surface area contributed by atoms with E-state index < -0.39 is 26.7 Å². The second-order valence-electron chi connectivity index (χ2n) is 4.07. The van der Waals surface area contributed by atoms with Crippen LogP contribution < -0.4 is 5.23 Å². The van der Waals surface area contributed by atoms with Crippen molar-refractivity contribution in [3.8, 4) is 0 Å². The van der Waals surface area contributed by atoms with Crippen LogP contribution in [0.2, 0.25) is 0 Å². The fraction of sp³-hybridized carbons (Fsp3) is 0. The average molecular weight is 308 g/mol. The highest BCUT2D eigenvalue weighted by Crippen LogP contribution is 2.29. The van der Waals surface area contributed by atoms with Gasteiger partial charge in [-0.25, -0.2) is 13.2 Å². The summed E-state index contributed by atoms with van der Waals surface area (Å²) in [7, 11) is -4.05. The fourth-order valence-corrected chi connectivity index (χ4v) is 3.17. The van der Waals surface area contributed by atoms with E-state index >= 15 is 0 Å². The van der Waals surface area contributed by atoms with Crippen molar-refractivity contribution in [3.05, 3.63) is 59.3 Å². The summed E-state index contributed by atoms with van der Waals surface area (Å²) in [5, 5.41) is 28.2. The Morgan fingerprint density at radius 2 is 1.62 bits per heavy atom. The number of rotatable bonds is 4. The lowest BCUT2D eigenvalue weighted by atomic mass is 10.2. The van der Waals surface area contributed by atoms with Crippen molar-refractivity contribution in [1.82, 2.24) is 0 Å². The summed E-state index contributed by atoms with van der Waals surface area (Å²) in [6.45, 7) is 0. The molecule has 110 valence electrons. The first-order chi connectivity index (χ1) is 9.84. The molecule has 0 heterocycles. The van der Waals surface area contributed by atoms with Gasteiger partial charge in [-0.05, 0) is 36.4 Å². The Morgan fingerprint density at radius 1 is 1.05 bits per heavy atom. The Bertz CT molecular complexity index is 768. The summed E-state index contributed by atoms with van der Waals surface area (Å²) in [4.78, 5) is 10.2. The van der Waals surface area contributed by atoms with Gasteiger partial charge >= 0.3 is 5.97 Å². The number of carboxylic acids is 1. The Labute approximate surface area is 120 Å². The van der Waals surface area contributed by atoms with Gasteiger partial charge in [-0.15, -0.1) is 0 Å². The molecule has 0 bridgehead atoms. The predicted octanol–water partition coefficient (Wildman–Crippen LogP) is 1.91. The van der Waals surface area contributed by atoms with E-state index in [4.69, 9.17) is 10.3 Å². The number of carboxylic acid groups (broad SMARTS) is 1. The SMILES string of the molecule is O=C(O)c1ccc(S(=O)(=O)c2ccccc2N([O-])O)cc1. The van der Waals surface area contributed by atoms with Gasteiger partial charge in [0.2, 0.25) is 9.84 Å².